The minimum atomic E-state index is -0.253. The SMILES string of the molecule is CC(=O)c1cccc(NC(=O)c2ccnc(NCc3ccccc3C)c2)c1. The van der Waals surface area contributed by atoms with Crippen LogP contribution in [0.15, 0.2) is 66.9 Å². The van der Waals surface area contributed by atoms with Crippen LogP contribution in [0.1, 0.15) is 38.8 Å². The van der Waals surface area contributed by atoms with Gasteiger partial charge in [-0.1, -0.05) is 36.4 Å². The summed E-state index contributed by atoms with van der Waals surface area (Å²) in [5, 5.41) is 6.07. The molecule has 1 heterocycles. The standard InChI is InChI=1S/C22H21N3O2/c1-15-6-3-4-7-19(15)14-24-21-13-18(10-11-23-21)22(27)25-20-9-5-8-17(12-20)16(2)26/h3-13H,14H2,1-2H3,(H,23,24)(H,25,27). The highest BCUT2D eigenvalue weighted by molar-refractivity contribution is 6.05. The van der Waals surface area contributed by atoms with E-state index in [0.29, 0.717) is 29.2 Å². The minimum Gasteiger partial charge on any atom is -0.366 e. The number of hydrogen-bond donors (Lipinski definition) is 2. The van der Waals surface area contributed by atoms with Crippen LogP contribution in [0, 0.1) is 6.92 Å². The third kappa shape index (κ3) is 4.79. The summed E-state index contributed by atoms with van der Waals surface area (Å²) >= 11 is 0. The fourth-order valence-corrected chi connectivity index (χ4v) is 2.68. The minimum absolute atomic E-state index is 0.0438. The molecule has 0 aliphatic carbocycles. The Morgan fingerprint density at radius 1 is 0.963 bits per heavy atom. The van der Waals surface area contributed by atoms with E-state index in [2.05, 4.69) is 34.7 Å². The molecular weight excluding hydrogens is 338 g/mol. The topological polar surface area (TPSA) is 71.1 Å². The Hall–Kier alpha value is -3.47. The van der Waals surface area contributed by atoms with Gasteiger partial charge in [-0.05, 0) is 49.2 Å². The van der Waals surface area contributed by atoms with Crippen molar-refractivity contribution in [3.8, 4) is 0 Å². The highest BCUT2D eigenvalue weighted by atomic mass is 16.1. The molecule has 0 aliphatic rings. The average Bonchev–Trinajstić information content (AvgIpc) is 2.68. The lowest BCUT2D eigenvalue weighted by Crippen LogP contribution is -2.13. The lowest BCUT2D eigenvalue weighted by atomic mass is 10.1. The molecule has 0 saturated heterocycles. The molecule has 0 aliphatic heterocycles. The van der Waals surface area contributed by atoms with E-state index in [9.17, 15) is 9.59 Å². The van der Waals surface area contributed by atoms with Gasteiger partial charge in [0.1, 0.15) is 5.82 Å². The highest BCUT2D eigenvalue weighted by Gasteiger charge is 2.09. The number of nitrogens with zero attached hydrogens (tertiary/aromatic N) is 1. The van der Waals surface area contributed by atoms with Gasteiger partial charge in [-0.15, -0.1) is 0 Å². The van der Waals surface area contributed by atoms with Gasteiger partial charge in [0.15, 0.2) is 5.78 Å². The number of aromatic nitrogens is 1. The predicted octanol–water partition coefficient (Wildman–Crippen LogP) is 4.46. The van der Waals surface area contributed by atoms with E-state index in [1.165, 1.54) is 18.1 Å². The molecule has 0 radical (unpaired) electrons. The predicted molar refractivity (Wildman–Crippen MR) is 107 cm³/mol. The summed E-state index contributed by atoms with van der Waals surface area (Å²) in [4.78, 5) is 28.3. The van der Waals surface area contributed by atoms with Gasteiger partial charge in [0, 0.05) is 29.6 Å². The number of ketones is 1. The number of carbonyl (C=O) groups is 2. The molecule has 27 heavy (non-hydrogen) atoms. The van der Waals surface area contributed by atoms with Crippen molar-refractivity contribution in [1.82, 2.24) is 4.98 Å². The van der Waals surface area contributed by atoms with Gasteiger partial charge in [-0.25, -0.2) is 4.98 Å². The van der Waals surface area contributed by atoms with Gasteiger partial charge in [0.2, 0.25) is 0 Å². The molecule has 3 rings (SSSR count). The normalized spacial score (nSPS) is 10.3. The quantitative estimate of drug-likeness (QED) is 0.638. The number of rotatable bonds is 6. The first-order valence-corrected chi connectivity index (χ1v) is 8.70. The van der Waals surface area contributed by atoms with Gasteiger partial charge >= 0.3 is 0 Å². The second-order valence-electron chi connectivity index (χ2n) is 6.30. The number of anilines is 2. The number of pyridine rings is 1. The molecule has 0 spiro atoms. The summed E-state index contributed by atoms with van der Waals surface area (Å²) in [5.74, 6) is 0.332. The smallest absolute Gasteiger partial charge is 0.255 e. The Bertz CT molecular complexity index is 983. The number of hydrogen-bond acceptors (Lipinski definition) is 4. The largest absolute Gasteiger partial charge is 0.366 e. The van der Waals surface area contributed by atoms with Gasteiger partial charge in [-0.2, -0.15) is 0 Å². The summed E-state index contributed by atoms with van der Waals surface area (Å²) in [7, 11) is 0. The van der Waals surface area contributed by atoms with Crippen LogP contribution in [0.3, 0.4) is 0 Å². The number of carbonyl (C=O) groups excluding carboxylic acids is 2. The van der Waals surface area contributed by atoms with E-state index in [0.717, 1.165) is 0 Å². The van der Waals surface area contributed by atoms with Crippen molar-refractivity contribution in [3.63, 3.8) is 0 Å². The van der Waals surface area contributed by atoms with Crippen molar-refractivity contribution in [2.24, 2.45) is 0 Å². The van der Waals surface area contributed by atoms with E-state index in [1.807, 2.05) is 12.1 Å². The van der Waals surface area contributed by atoms with Crippen molar-refractivity contribution < 1.29 is 9.59 Å². The van der Waals surface area contributed by atoms with Crippen LogP contribution in [0.2, 0.25) is 0 Å². The zero-order valence-electron chi connectivity index (χ0n) is 15.3. The van der Waals surface area contributed by atoms with E-state index in [1.54, 1.807) is 42.6 Å². The third-order valence-electron chi connectivity index (χ3n) is 4.27. The molecule has 136 valence electrons. The molecule has 0 fully saturated rings. The number of nitrogens with one attached hydrogen (secondary N) is 2. The molecule has 5 nitrogen and oxygen atoms in total. The highest BCUT2D eigenvalue weighted by Crippen LogP contribution is 2.15. The molecule has 5 heteroatoms. The zero-order valence-corrected chi connectivity index (χ0v) is 15.3. The van der Waals surface area contributed by atoms with E-state index in [4.69, 9.17) is 0 Å². The first kappa shape index (κ1) is 18.3. The van der Waals surface area contributed by atoms with Crippen LogP contribution >= 0.6 is 0 Å². The average molecular weight is 359 g/mol. The number of benzene rings is 2. The van der Waals surface area contributed by atoms with Crippen LogP contribution in [0.4, 0.5) is 11.5 Å². The maximum Gasteiger partial charge on any atom is 0.255 e. The number of aryl methyl sites for hydroxylation is 1. The first-order chi connectivity index (χ1) is 13.0. The summed E-state index contributed by atoms with van der Waals surface area (Å²) in [6.45, 7) is 4.19. The lowest BCUT2D eigenvalue weighted by Gasteiger charge is -2.10. The van der Waals surface area contributed by atoms with Crippen molar-refractivity contribution >= 4 is 23.2 Å². The molecule has 3 aromatic rings. The number of amides is 1. The Balaban J connectivity index is 1.69. The molecule has 0 saturated carbocycles. The monoisotopic (exact) mass is 359 g/mol. The van der Waals surface area contributed by atoms with Crippen LogP contribution in [-0.4, -0.2) is 16.7 Å². The zero-order chi connectivity index (χ0) is 19.2. The maximum absolute atomic E-state index is 12.5. The number of Topliss-reactive ketones (excluding diaryl/α,β-unsaturated/α-hetero) is 1. The van der Waals surface area contributed by atoms with E-state index in [-0.39, 0.29) is 11.7 Å². The van der Waals surface area contributed by atoms with E-state index < -0.39 is 0 Å². The lowest BCUT2D eigenvalue weighted by molar-refractivity contribution is 0.101. The third-order valence-corrected chi connectivity index (χ3v) is 4.27. The van der Waals surface area contributed by atoms with Crippen LogP contribution in [-0.2, 0) is 6.54 Å². The van der Waals surface area contributed by atoms with Gasteiger partial charge < -0.3 is 10.6 Å². The fraction of sp³-hybridized carbons (Fsp3) is 0.136. The summed E-state index contributed by atoms with van der Waals surface area (Å²) in [5.41, 5.74) is 4.01. The summed E-state index contributed by atoms with van der Waals surface area (Å²) < 4.78 is 0. The molecule has 2 N–H and O–H groups in total. The van der Waals surface area contributed by atoms with Crippen molar-refractivity contribution in [3.05, 3.63) is 89.1 Å². The van der Waals surface area contributed by atoms with E-state index >= 15 is 0 Å². The van der Waals surface area contributed by atoms with Gasteiger partial charge in [0.25, 0.3) is 5.91 Å². The molecule has 0 unspecified atom stereocenters. The summed E-state index contributed by atoms with van der Waals surface area (Å²) in [6, 6.07) is 18.4. The van der Waals surface area contributed by atoms with Gasteiger partial charge in [0.05, 0.1) is 0 Å². The second kappa shape index (κ2) is 8.27. The molecular formula is C22H21N3O2. The first-order valence-electron chi connectivity index (χ1n) is 8.70. The Morgan fingerprint density at radius 2 is 1.78 bits per heavy atom. The summed E-state index contributed by atoms with van der Waals surface area (Å²) in [6.07, 6.45) is 1.60. The maximum atomic E-state index is 12.5. The molecule has 2 aromatic carbocycles. The van der Waals surface area contributed by atoms with Crippen LogP contribution in [0.5, 0.6) is 0 Å². The fourth-order valence-electron chi connectivity index (χ4n) is 2.68. The molecule has 0 bridgehead atoms. The molecule has 1 aromatic heterocycles. The van der Waals surface area contributed by atoms with Crippen LogP contribution < -0.4 is 10.6 Å². The molecule has 1 amide bonds. The van der Waals surface area contributed by atoms with Gasteiger partial charge in [-0.3, -0.25) is 9.59 Å². The Morgan fingerprint density at radius 3 is 2.56 bits per heavy atom. The second-order valence-corrected chi connectivity index (χ2v) is 6.30. The van der Waals surface area contributed by atoms with Crippen molar-refractivity contribution in [2.75, 3.05) is 10.6 Å². The Kier molecular flexibility index (Phi) is 5.61. The molecule has 0 atom stereocenters. The van der Waals surface area contributed by atoms with Crippen molar-refractivity contribution in [2.45, 2.75) is 20.4 Å². The van der Waals surface area contributed by atoms with Crippen molar-refractivity contribution in [1.29, 1.82) is 0 Å². The van der Waals surface area contributed by atoms with Crippen LogP contribution in [0.25, 0.3) is 0 Å². The Labute approximate surface area is 158 Å².